The number of fused-ring (bicyclic) bond motifs is 2. The van der Waals surface area contributed by atoms with Gasteiger partial charge in [0.05, 0.1) is 26.9 Å². The zero-order valence-electron chi connectivity index (χ0n) is 31.3. The van der Waals surface area contributed by atoms with E-state index >= 15 is 0 Å². The second-order valence-corrected chi connectivity index (χ2v) is 14.3. The van der Waals surface area contributed by atoms with Crippen LogP contribution in [0, 0.1) is 0 Å². The molecular weight excluding hydrogens is 654 g/mol. The average Bonchev–Trinajstić information content (AvgIpc) is 3.15. The number of rotatable bonds is 8. The van der Waals surface area contributed by atoms with E-state index in [9.17, 15) is 4.79 Å². The molecule has 0 radical (unpaired) electrons. The van der Waals surface area contributed by atoms with Crippen molar-refractivity contribution in [2.24, 2.45) is 0 Å². The minimum Gasteiger partial charge on any atom is -0.493 e. The van der Waals surface area contributed by atoms with E-state index in [0.717, 1.165) is 68.3 Å². The van der Waals surface area contributed by atoms with Crippen molar-refractivity contribution in [3.63, 3.8) is 0 Å². The molecule has 4 aromatic rings. The van der Waals surface area contributed by atoms with Gasteiger partial charge in [-0.1, -0.05) is 38.0 Å². The first-order chi connectivity index (χ1) is 25.3. The molecule has 0 spiro atoms. The Balaban J connectivity index is 1.39. The Morgan fingerprint density at radius 1 is 0.769 bits per heavy atom. The predicted molar refractivity (Wildman–Crippen MR) is 203 cm³/mol. The number of likely N-dealkylation sites (N-methyl/N-ethyl adjacent to an activating group) is 2. The molecule has 2 atom stereocenters. The summed E-state index contributed by atoms with van der Waals surface area (Å²) in [6, 6.07) is 20.7. The molecule has 4 aliphatic heterocycles. The molecular formula is C43H51N3O6. The van der Waals surface area contributed by atoms with Crippen LogP contribution >= 0.6 is 0 Å². The molecule has 4 heterocycles. The Labute approximate surface area is 307 Å². The van der Waals surface area contributed by atoms with Gasteiger partial charge in [0, 0.05) is 37.3 Å². The first kappa shape index (κ1) is 35.7. The first-order valence-corrected chi connectivity index (χ1v) is 18.6. The number of benzene rings is 4. The smallest absolute Gasteiger partial charge is 0.255 e. The maximum atomic E-state index is 13.5. The van der Waals surface area contributed by atoms with Gasteiger partial charge in [0.2, 0.25) is 5.75 Å². The van der Waals surface area contributed by atoms with E-state index in [1.54, 1.807) is 21.3 Å². The molecule has 0 aromatic heterocycles. The number of hydrogen-bond donors (Lipinski definition) is 1. The van der Waals surface area contributed by atoms with Crippen LogP contribution in [0.25, 0.3) is 0 Å². The zero-order valence-corrected chi connectivity index (χ0v) is 31.3. The third-order valence-electron chi connectivity index (χ3n) is 11.0. The normalized spacial score (nSPS) is 18.3. The van der Waals surface area contributed by atoms with E-state index < -0.39 is 0 Å². The van der Waals surface area contributed by atoms with Crippen molar-refractivity contribution >= 4 is 5.91 Å². The summed E-state index contributed by atoms with van der Waals surface area (Å²) in [5, 5.41) is 3.11. The van der Waals surface area contributed by atoms with Gasteiger partial charge < -0.3 is 29.0 Å². The SMILES string of the molecule is CCCCCNC(=O)c1ccc2cc1Oc1ccc(cc1)C[C@H]1c3c(cc(OC)c(OC)c3Oc3cc4c(cc3OC)CCN(C)[C@@H]4C2)CCN1C. The third kappa shape index (κ3) is 7.04. The van der Waals surface area contributed by atoms with Crippen molar-refractivity contribution in [2.45, 2.75) is 64.0 Å². The minimum atomic E-state index is -0.118. The summed E-state index contributed by atoms with van der Waals surface area (Å²) < 4.78 is 31.6. The lowest BCUT2D eigenvalue weighted by Gasteiger charge is -2.37. The van der Waals surface area contributed by atoms with Gasteiger partial charge in [-0.3, -0.25) is 14.6 Å². The predicted octanol–water partition coefficient (Wildman–Crippen LogP) is 8.07. The Bertz CT molecular complexity index is 1930. The number of nitrogens with one attached hydrogen (secondary N) is 1. The topological polar surface area (TPSA) is 81.7 Å². The number of amides is 1. The third-order valence-corrected chi connectivity index (χ3v) is 11.0. The Hall–Kier alpha value is -4.73. The van der Waals surface area contributed by atoms with Gasteiger partial charge in [-0.25, -0.2) is 0 Å². The van der Waals surface area contributed by atoms with Gasteiger partial charge in [0.25, 0.3) is 5.91 Å². The van der Waals surface area contributed by atoms with Gasteiger partial charge in [-0.15, -0.1) is 0 Å². The Morgan fingerprint density at radius 2 is 1.46 bits per heavy atom. The molecule has 9 nitrogen and oxygen atoms in total. The lowest BCUT2D eigenvalue weighted by atomic mass is 9.87. The Kier molecular flexibility index (Phi) is 10.6. The van der Waals surface area contributed by atoms with Crippen molar-refractivity contribution in [3.8, 4) is 40.2 Å². The van der Waals surface area contributed by atoms with E-state index in [1.807, 2.05) is 24.3 Å². The van der Waals surface area contributed by atoms with Crippen LogP contribution < -0.4 is 29.0 Å². The molecule has 4 aliphatic rings. The molecule has 52 heavy (non-hydrogen) atoms. The fourth-order valence-electron chi connectivity index (χ4n) is 7.99. The number of carbonyl (C=O) groups is 1. The number of unbranched alkanes of at least 4 members (excludes halogenated alkanes) is 2. The highest BCUT2D eigenvalue weighted by atomic mass is 16.5. The van der Waals surface area contributed by atoms with Crippen molar-refractivity contribution < 1.29 is 28.5 Å². The average molecular weight is 706 g/mol. The summed E-state index contributed by atoms with van der Waals surface area (Å²) in [6.07, 6.45) is 6.33. The van der Waals surface area contributed by atoms with Crippen LogP contribution in [-0.4, -0.2) is 70.8 Å². The molecule has 6 bridgehead atoms. The van der Waals surface area contributed by atoms with Crippen molar-refractivity contribution in [1.82, 2.24) is 15.1 Å². The van der Waals surface area contributed by atoms with E-state index in [4.69, 9.17) is 23.7 Å². The largest absolute Gasteiger partial charge is 0.493 e. The van der Waals surface area contributed by atoms with Gasteiger partial charge >= 0.3 is 0 Å². The monoisotopic (exact) mass is 705 g/mol. The molecule has 1 amide bonds. The molecule has 8 rings (SSSR count). The quantitative estimate of drug-likeness (QED) is 0.185. The van der Waals surface area contributed by atoms with Crippen molar-refractivity contribution in [2.75, 3.05) is 55.1 Å². The van der Waals surface area contributed by atoms with Crippen LogP contribution in [0.2, 0.25) is 0 Å². The summed E-state index contributed by atoms with van der Waals surface area (Å²) in [7, 11) is 9.37. The summed E-state index contributed by atoms with van der Waals surface area (Å²) >= 11 is 0. The number of carbonyl (C=O) groups excluding carboxylic acids is 1. The standard InChI is InChI=1S/C43H51N3O6/c1-7-8-9-18-44-43(47)32-15-12-28-22-34-33-26-38(37(48-4)24-29(33)16-19-45(34)2)52-42-40-30(25-39(49-5)41(42)50-6)17-20-46(3)35(40)21-27-10-13-31(14-11-27)51-36(32)23-28/h10-15,23-26,34-35H,7-9,16-22H2,1-6H3,(H,44,47)/t34-,35+/m1/s1. The summed E-state index contributed by atoms with van der Waals surface area (Å²) in [6.45, 7) is 4.59. The number of ether oxygens (including phenoxy) is 5. The number of nitrogens with zero attached hydrogens (tertiary/aromatic N) is 2. The second kappa shape index (κ2) is 15.5. The fraction of sp³-hybridized carbons (Fsp3) is 0.419. The number of methoxy groups -OCH3 is 3. The summed E-state index contributed by atoms with van der Waals surface area (Å²) in [4.78, 5) is 18.3. The molecule has 1 N–H and O–H groups in total. The van der Waals surface area contributed by atoms with Crippen LogP contribution in [0.4, 0.5) is 0 Å². The molecule has 0 saturated carbocycles. The molecule has 9 heteroatoms. The maximum Gasteiger partial charge on any atom is 0.255 e. The highest BCUT2D eigenvalue weighted by molar-refractivity contribution is 5.97. The summed E-state index contributed by atoms with van der Waals surface area (Å²) in [5.74, 6) is 4.30. The van der Waals surface area contributed by atoms with Gasteiger partial charge in [-0.2, -0.15) is 0 Å². The molecule has 0 saturated heterocycles. The molecule has 0 fully saturated rings. The lowest BCUT2D eigenvalue weighted by molar-refractivity contribution is 0.0950. The van der Waals surface area contributed by atoms with Crippen LogP contribution in [0.1, 0.15) is 82.0 Å². The Morgan fingerprint density at radius 3 is 2.19 bits per heavy atom. The molecule has 0 unspecified atom stereocenters. The fourth-order valence-corrected chi connectivity index (χ4v) is 7.99. The van der Waals surface area contributed by atoms with E-state index in [0.29, 0.717) is 58.8 Å². The molecule has 4 aromatic carbocycles. The maximum absolute atomic E-state index is 13.5. The van der Waals surface area contributed by atoms with Crippen LogP contribution in [0.3, 0.4) is 0 Å². The molecule has 0 aliphatic carbocycles. The zero-order chi connectivity index (χ0) is 36.4. The summed E-state index contributed by atoms with van der Waals surface area (Å²) in [5.41, 5.74) is 7.45. The van der Waals surface area contributed by atoms with Crippen molar-refractivity contribution in [1.29, 1.82) is 0 Å². The number of hydrogen-bond acceptors (Lipinski definition) is 8. The highest BCUT2D eigenvalue weighted by Crippen LogP contribution is 2.51. The van der Waals surface area contributed by atoms with Gasteiger partial charge in [0.15, 0.2) is 23.0 Å². The second-order valence-electron chi connectivity index (χ2n) is 14.3. The molecule has 274 valence electrons. The van der Waals surface area contributed by atoms with Crippen LogP contribution in [0.15, 0.2) is 60.7 Å². The minimum absolute atomic E-state index is 0.00593. The van der Waals surface area contributed by atoms with Gasteiger partial charge in [-0.05, 0) is 116 Å². The van der Waals surface area contributed by atoms with Gasteiger partial charge in [0.1, 0.15) is 11.5 Å². The lowest BCUT2D eigenvalue weighted by Crippen LogP contribution is -2.34. The van der Waals surface area contributed by atoms with E-state index in [2.05, 4.69) is 72.5 Å². The van der Waals surface area contributed by atoms with Crippen LogP contribution in [0.5, 0.6) is 40.2 Å². The van der Waals surface area contributed by atoms with E-state index in [1.165, 1.54) is 16.7 Å². The van der Waals surface area contributed by atoms with Crippen molar-refractivity contribution in [3.05, 3.63) is 99.6 Å². The van der Waals surface area contributed by atoms with E-state index in [-0.39, 0.29) is 18.0 Å². The highest BCUT2D eigenvalue weighted by Gasteiger charge is 2.34. The first-order valence-electron chi connectivity index (χ1n) is 18.6. The van der Waals surface area contributed by atoms with Crippen LogP contribution in [-0.2, 0) is 25.7 Å².